The third kappa shape index (κ3) is 9.91. The number of nitrogens with zero attached hydrogens (tertiary/aromatic N) is 1. The first kappa shape index (κ1) is 33.2. The van der Waals surface area contributed by atoms with E-state index in [0.29, 0.717) is 46.3 Å². The van der Waals surface area contributed by atoms with Crippen LogP contribution in [0.1, 0.15) is 17.5 Å². The molecule has 1 heterocycles. The van der Waals surface area contributed by atoms with Gasteiger partial charge >= 0.3 is 6.03 Å². The Morgan fingerprint density at radius 2 is 1.53 bits per heavy atom. The average Bonchev–Trinajstić information content (AvgIpc) is 3.02. The number of amides is 3. The lowest BCUT2D eigenvalue weighted by molar-refractivity contribution is -0.123. The van der Waals surface area contributed by atoms with Crippen molar-refractivity contribution in [2.45, 2.75) is 36.2 Å². The maximum atomic E-state index is 13.8. The van der Waals surface area contributed by atoms with Crippen LogP contribution in [0, 0.1) is 7.14 Å². The minimum atomic E-state index is -3.74. The number of ether oxygens (including phenoxy) is 1. The normalized spacial score (nSPS) is 15.2. The van der Waals surface area contributed by atoms with Crippen LogP contribution >= 0.6 is 45.2 Å². The standard InChI is InChI=1S/C31H33I2N3O6S/c32-26-19-23(20-27(33)29(26)37)21-28(35-31(39)36-14-16-42-17-15-36)30(38)34-24(12-11-22-7-3-1-4-8-22)13-18-43(40,41)25-9-5-2-6-10-25/h1-10,13,18-20,24,28,37H,11-12,14-17,21H2,(H,34,38)(H,35,39). The Kier molecular flexibility index (Phi) is 12.2. The minimum Gasteiger partial charge on any atom is -0.506 e. The van der Waals surface area contributed by atoms with Gasteiger partial charge in [0.2, 0.25) is 5.91 Å². The number of rotatable bonds is 11. The van der Waals surface area contributed by atoms with Crippen LogP contribution in [0.3, 0.4) is 0 Å². The molecule has 228 valence electrons. The fourth-order valence-electron chi connectivity index (χ4n) is 4.54. The van der Waals surface area contributed by atoms with Crippen LogP contribution in [-0.2, 0) is 32.2 Å². The summed E-state index contributed by atoms with van der Waals surface area (Å²) in [6, 6.07) is 19.4. The first-order chi connectivity index (χ1) is 20.6. The van der Waals surface area contributed by atoms with E-state index >= 15 is 0 Å². The molecule has 1 saturated heterocycles. The van der Waals surface area contributed by atoms with Gasteiger partial charge < -0.3 is 25.4 Å². The van der Waals surface area contributed by atoms with Crippen molar-refractivity contribution >= 4 is 67.0 Å². The van der Waals surface area contributed by atoms with Crippen LogP contribution in [0.5, 0.6) is 5.75 Å². The highest BCUT2D eigenvalue weighted by Crippen LogP contribution is 2.28. The fraction of sp³-hybridized carbons (Fsp3) is 0.290. The van der Waals surface area contributed by atoms with Gasteiger partial charge in [0.05, 0.1) is 25.2 Å². The number of sulfone groups is 1. The molecule has 0 bridgehead atoms. The molecule has 2 atom stereocenters. The van der Waals surface area contributed by atoms with Crippen molar-refractivity contribution in [2.75, 3.05) is 26.3 Å². The number of hydrogen-bond donors (Lipinski definition) is 3. The highest BCUT2D eigenvalue weighted by atomic mass is 127. The molecule has 1 fully saturated rings. The van der Waals surface area contributed by atoms with Crippen LogP contribution in [0.15, 0.2) is 89.2 Å². The summed E-state index contributed by atoms with van der Waals surface area (Å²) < 4.78 is 32.6. The number of benzene rings is 3. The molecule has 1 aliphatic rings. The van der Waals surface area contributed by atoms with Crippen molar-refractivity contribution in [3.63, 3.8) is 0 Å². The second-order valence-corrected chi connectivity index (χ2v) is 14.2. The largest absolute Gasteiger partial charge is 0.506 e. The Morgan fingerprint density at radius 3 is 2.16 bits per heavy atom. The molecular weight excluding hydrogens is 796 g/mol. The zero-order chi connectivity index (χ0) is 30.8. The Labute approximate surface area is 279 Å². The molecule has 0 saturated carbocycles. The van der Waals surface area contributed by atoms with Crippen molar-refractivity contribution in [3.8, 4) is 5.75 Å². The zero-order valence-electron chi connectivity index (χ0n) is 23.3. The average molecular weight is 829 g/mol. The topological polar surface area (TPSA) is 125 Å². The molecule has 0 spiro atoms. The fourth-order valence-corrected chi connectivity index (χ4v) is 7.53. The van der Waals surface area contributed by atoms with Crippen LogP contribution in [0.25, 0.3) is 0 Å². The summed E-state index contributed by atoms with van der Waals surface area (Å²) in [4.78, 5) is 28.7. The van der Waals surface area contributed by atoms with Crippen molar-refractivity contribution in [1.82, 2.24) is 15.5 Å². The third-order valence-corrected chi connectivity index (χ3v) is 9.99. The number of hydrogen-bond acceptors (Lipinski definition) is 6. The maximum Gasteiger partial charge on any atom is 0.318 e. The van der Waals surface area contributed by atoms with E-state index in [1.807, 2.05) is 75.5 Å². The van der Waals surface area contributed by atoms with Crippen LogP contribution in [0.2, 0.25) is 0 Å². The SMILES string of the molecule is O=C(NC(C=CS(=O)(=O)c1ccccc1)CCc1ccccc1)C(Cc1cc(I)c(O)c(I)c1)NC(=O)N1CCOCC1. The molecule has 3 amide bonds. The van der Waals surface area contributed by atoms with Gasteiger partial charge in [-0.1, -0.05) is 54.6 Å². The Morgan fingerprint density at radius 1 is 0.930 bits per heavy atom. The van der Waals surface area contributed by atoms with E-state index in [2.05, 4.69) is 10.6 Å². The van der Waals surface area contributed by atoms with Gasteiger partial charge in [0.25, 0.3) is 0 Å². The summed E-state index contributed by atoms with van der Waals surface area (Å²) in [5, 5.41) is 17.2. The predicted octanol–water partition coefficient (Wildman–Crippen LogP) is 4.66. The summed E-state index contributed by atoms with van der Waals surface area (Å²) in [5.41, 5.74) is 1.81. The minimum absolute atomic E-state index is 0.159. The van der Waals surface area contributed by atoms with Gasteiger partial charge in [0, 0.05) is 31.0 Å². The lowest BCUT2D eigenvalue weighted by Gasteiger charge is -2.29. The highest BCUT2D eigenvalue weighted by molar-refractivity contribution is 14.1. The smallest absolute Gasteiger partial charge is 0.318 e. The van der Waals surface area contributed by atoms with Crippen molar-refractivity contribution in [1.29, 1.82) is 0 Å². The molecular formula is C31H33I2N3O6S. The highest BCUT2D eigenvalue weighted by Gasteiger charge is 2.27. The number of aromatic hydroxyl groups is 1. The Bertz CT molecular complexity index is 1510. The van der Waals surface area contributed by atoms with Gasteiger partial charge in [0.15, 0.2) is 9.84 Å². The number of morpholine rings is 1. The number of carbonyl (C=O) groups is 2. The number of halogens is 2. The van der Waals surface area contributed by atoms with Gasteiger partial charge in [0.1, 0.15) is 11.8 Å². The molecule has 4 rings (SSSR count). The monoisotopic (exact) mass is 829 g/mol. The summed E-state index contributed by atoms with van der Waals surface area (Å²) in [6.45, 7) is 1.66. The van der Waals surface area contributed by atoms with E-state index < -0.39 is 27.8 Å². The van der Waals surface area contributed by atoms with Gasteiger partial charge in [-0.15, -0.1) is 0 Å². The molecule has 2 unspecified atom stereocenters. The van der Waals surface area contributed by atoms with E-state index in [0.717, 1.165) is 16.5 Å². The molecule has 0 aromatic heterocycles. The lowest BCUT2D eigenvalue weighted by atomic mass is 10.0. The van der Waals surface area contributed by atoms with Crippen LogP contribution < -0.4 is 10.6 Å². The first-order valence-electron chi connectivity index (χ1n) is 13.7. The van der Waals surface area contributed by atoms with Crippen LogP contribution in [-0.4, -0.2) is 68.7 Å². The van der Waals surface area contributed by atoms with Gasteiger partial charge in [-0.3, -0.25) is 4.79 Å². The number of aryl methyl sites for hydroxylation is 1. The molecule has 0 radical (unpaired) electrons. The van der Waals surface area contributed by atoms with E-state index in [1.54, 1.807) is 35.2 Å². The van der Waals surface area contributed by atoms with E-state index in [-0.39, 0.29) is 23.1 Å². The third-order valence-electron chi connectivity index (χ3n) is 6.91. The summed E-state index contributed by atoms with van der Waals surface area (Å²) in [6.07, 6.45) is 2.71. The maximum absolute atomic E-state index is 13.8. The summed E-state index contributed by atoms with van der Waals surface area (Å²) >= 11 is 4.06. The van der Waals surface area contributed by atoms with E-state index in [1.165, 1.54) is 18.2 Å². The number of phenolic OH excluding ortho intramolecular Hbond substituents is 1. The molecule has 12 heteroatoms. The number of phenols is 1. The molecule has 1 aliphatic heterocycles. The Hall–Kier alpha value is -2.69. The zero-order valence-corrected chi connectivity index (χ0v) is 28.4. The number of urea groups is 1. The van der Waals surface area contributed by atoms with Crippen molar-refractivity contribution in [2.24, 2.45) is 0 Å². The molecule has 0 aliphatic carbocycles. The number of nitrogens with one attached hydrogen (secondary N) is 2. The molecule has 9 nitrogen and oxygen atoms in total. The first-order valence-corrected chi connectivity index (χ1v) is 17.5. The van der Waals surface area contributed by atoms with Gasteiger partial charge in [-0.05, 0) is 93.4 Å². The second kappa shape index (κ2) is 15.9. The summed E-state index contributed by atoms with van der Waals surface area (Å²) in [7, 11) is -3.74. The predicted molar refractivity (Wildman–Crippen MR) is 181 cm³/mol. The Balaban J connectivity index is 1.58. The summed E-state index contributed by atoms with van der Waals surface area (Å²) in [5.74, 6) is -0.284. The van der Waals surface area contributed by atoms with Gasteiger partial charge in [-0.2, -0.15) is 0 Å². The number of carbonyl (C=O) groups excluding carboxylic acids is 2. The lowest BCUT2D eigenvalue weighted by Crippen LogP contribution is -2.55. The molecule has 3 N–H and O–H groups in total. The van der Waals surface area contributed by atoms with Gasteiger partial charge in [-0.25, -0.2) is 13.2 Å². The molecule has 3 aromatic rings. The van der Waals surface area contributed by atoms with E-state index in [9.17, 15) is 23.1 Å². The van der Waals surface area contributed by atoms with Crippen LogP contribution in [0.4, 0.5) is 4.79 Å². The molecule has 43 heavy (non-hydrogen) atoms. The van der Waals surface area contributed by atoms with Crippen molar-refractivity contribution < 1.29 is 27.9 Å². The molecule has 3 aromatic carbocycles. The quantitative estimate of drug-likeness (QED) is 0.242. The van der Waals surface area contributed by atoms with E-state index in [4.69, 9.17) is 4.74 Å². The second-order valence-electron chi connectivity index (χ2n) is 10.0. The van der Waals surface area contributed by atoms with Crippen molar-refractivity contribution in [3.05, 3.63) is 103 Å².